The van der Waals surface area contributed by atoms with Gasteiger partial charge < -0.3 is 5.73 Å². The minimum atomic E-state index is -3.94. The largest absolute Gasteiger partial charge is 0.398 e. The minimum absolute atomic E-state index is 0.0276. The fraction of sp³-hybridized carbons (Fsp3) is 0. The van der Waals surface area contributed by atoms with Crippen LogP contribution in [0.1, 0.15) is 0 Å². The lowest BCUT2D eigenvalue weighted by atomic mass is 10.3. The summed E-state index contributed by atoms with van der Waals surface area (Å²) < 4.78 is 27.6. The third-order valence-corrected chi connectivity index (χ3v) is 5.06. The molecule has 0 spiro atoms. The number of aromatic nitrogens is 1. The number of anilines is 2. The van der Waals surface area contributed by atoms with Crippen LogP contribution in [0.25, 0.3) is 0 Å². The number of nitrogens with zero attached hydrogens (tertiary/aromatic N) is 1. The molecule has 0 atom stereocenters. The molecule has 0 saturated carbocycles. The molecule has 0 amide bonds. The molecule has 9 heteroatoms. The Morgan fingerprint density at radius 1 is 1.30 bits per heavy atom. The van der Waals surface area contributed by atoms with E-state index in [-0.39, 0.29) is 20.6 Å². The molecule has 2 aromatic rings. The highest BCUT2D eigenvalue weighted by molar-refractivity contribution is 9.10. The van der Waals surface area contributed by atoms with Gasteiger partial charge in [-0.2, -0.15) is 0 Å². The number of pyridine rings is 1. The molecule has 2 rings (SSSR count). The summed E-state index contributed by atoms with van der Waals surface area (Å²) in [5.74, 6) is 0. The normalized spacial score (nSPS) is 11.3. The van der Waals surface area contributed by atoms with Crippen molar-refractivity contribution < 1.29 is 8.42 Å². The Morgan fingerprint density at radius 3 is 2.60 bits per heavy atom. The fourth-order valence-corrected chi connectivity index (χ4v) is 4.07. The molecule has 0 unspecified atom stereocenters. The highest BCUT2D eigenvalue weighted by atomic mass is 79.9. The number of halogens is 3. The van der Waals surface area contributed by atoms with Gasteiger partial charge in [0.05, 0.1) is 20.9 Å². The fourth-order valence-electron chi connectivity index (χ4n) is 1.52. The summed E-state index contributed by atoms with van der Waals surface area (Å²) in [7, 11) is -3.94. The zero-order valence-electron chi connectivity index (χ0n) is 9.77. The first-order chi connectivity index (χ1) is 9.31. The maximum absolute atomic E-state index is 12.3. The SMILES string of the molecule is Nc1cc(Cl)cc(Cl)c1S(=O)(=O)Nc1ccncc1Br. The van der Waals surface area contributed by atoms with E-state index in [1.165, 1.54) is 30.6 Å². The molecule has 1 aromatic heterocycles. The second-order valence-electron chi connectivity index (χ2n) is 3.77. The van der Waals surface area contributed by atoms with Crippen LogP contribution in [-0.2, 0) is 10.0 Å². The Morgan fingerprint density at radius 2 is 2.00 bits per heavy atom. The van der Waals surface area contributed by atoms with Crippen molar-refractivity contribution in [2.45, 2.75) is 4.90 Å². The average molecular weight is 397 g/mol. The summed E-state index contributed by atoms with van der Waals surface area (Å²) in [5, 5.41) is 0.212. The van der Waals surface area contributed by atoms with Crippen molar-refractivity contribution in [2.75, 3.05) is 10.5 Å². The highest BCUT2D eigenvalue weighted by Crippen LogP contribution is 2.33. The molecule has 0 aliphatic heterocycles. The van der Waals surface area contributed by atoms with E-state index in [2.05, 4.69) is 25.6 Å². The van der Waals surface area contributed by atoms with Gasteiger partial charge in [-0.25, -0.2) is 8.42 Å². The summed E-state index contributed by atoms with van der Waals surface area (Å²) in [5.41, 5.74) is 5.98. The van der Waals surface area contributed by atoms with Gasteiger partial charge in [-0.1, -0.05) is 23.2 Å². The molecule has 3 N–H and O–H groups in total. The van der Waals surface area contributed by atoms with E-state index in [0.717, 1.165) is 0 Å². The molecular formula is C11H8BrCl2N3O2S. The van der Waals surface area contributed by atoms with Gasteiger partial charge in [0.15, 0.2) is 0 Å². The van der Waals surface area contributed by atoms with Crippen molar-refractivity contribution in [3.8, 4) is 0 Å². The highest BCUT2D eigenvalue weighted by Gasteiger charge is 2.22. The number of sulfonamides is 1. The quantitative estimate of drug-likeness (QED) is 0.777. The number of hydrogen-bond acceptors (Lipinski definition) is 4. The molecule has 0 saturated heterocycles. The summed E-state index contributed by atoms with van der Waals surface area (Å²) in [6.45, 7) is 0. The van der Waals surface area contributed by atoms with Crippen LogP contribution in [0.2, 0.25) is 10.0 Å². The van der Waals surface area contributed by atoms with Crippen LogP contribution in [0.5, 0.6) is 0 Å². The number of nitrogen functional groups attached to an aromatic ring is 1. The molecule has 1 heterocycles. The Balaban J connectivity index is 2.50. The van der Waals surface area contributed by atoms with Gasteiger partial charge in [-0.15, -0.1) is 0 Å². The van der Waals surface area contributed by atoms with E-state index in [1.807, 2.05) is 0 Å². The zero-order valence-corrected chi connectivity index (χ0v) is 13.7. The van der Waals surface area contributed by atoms with Crippen LogP contribution >= 0.6 is 39.1 Å². The van der Waals surface area contributed by atoms with Crippen LogP contribution in [0.3, 0.4) is 0 Å². The van der Waals surface area contributed by atoms with Gasteiger partial charge in [0.25, 0.3) is 10.0 Å². The summed E-state index contributed by atoms with van der Waals surface area (Å²) >= 11 is 14.9. The number of nitrogens with two attached hydrogens (primary N) is 1. The maximum atomic E-state index is 12.3. The van der Waals surface area contributed by atoms with Crippen molar-refractivity contribution in [3.63, 3.8) is 0 Å². The van der Waals surface area contributed by atoms with Crippen LogP contribution in [0, 0.1) is 0 Å². The van der Waals surface area contributed by atoms with Gasteiger partial charge in [0.2, 0.25) is 0 Å². The molecule has 5 nitrogen and oxygen atoms in total. The first-order valence-corrected chi connectivity index (χ1v) is 8.21. The van der Waals surface area contributed by atoms with E-state index in [1.54, 1.807) is 0 Å². The standard InChI is InChI=1S/C11H8BrCl2N3O2S/c12-7-5-16-2-1-10(7)17-20(18,19)11-8(14)3-6(13)4-9(11)15/h1-5H,15H2,(H,16,17). The summed E-state index contributed by atoms with van der Waals surface area (Å²) in [4.78, 5) is 3.63. The van der Waals surface area contributed by atoms with Gasteiger partial charge in [-0.3, -0.25) is 9.71 Å². The third-order valence-electron chi connectivity index (χ3n) is 2.32. The van der Waals surface area contributed by atoms with E-state index >= 15 is 0 Å². The van der Waals surface area contributed by atoms with E-state index < -0.39 is 10.0 Å². The molecule has 106 valence electrons. The smallest absolute Gasteiger partial charge is 0.265 e. The van der Waals surface area contributed by atoms with Crippen LogP contribution < -0.4 is 10.5 Å². The van der Waals surface area contributed by atoms with Crippen LogP contribution in [0.15, 0.2) is 40.0 Å². The van der Waals surface area contributed by atoms with E-state index in [0.29, 0.717) is 10.2 Å². The van der Waals surface area contributed by atoms with Crippen molar-refractivity contribution in [2.24, 2.45) is 0 Å². The number of benzene rings is 1. The van der Waals surface area contributed by atoms with Gasteiger partial charge >= 0.3 is 0 Å². The number of nitrogens with one attached hydrogen (secondary N) is 1. The van der Waals surface area contributed by atoms with Gasteiger partial charge in [0, 0.05) is 17.4 Å². The Hall–Kier alpha value is -1.02. The first kappa shape index (κ1) is 15.4. The van der Waals surface area contributed by atoms with Crippen molar-refractivity contribution in [1.82, 2.24) is 4.98 Å². The topological polar surface area (TPSA) is 85.1 Å². The average Bonchev–Trinajstić information content (AvgIpc) is 2.30. The van der Waals surface area contributed by atoms with Crippen LogP contribution in [-0.4, -0.2) is 13.4 Å². The summed E-state index contributed by atoms with van der Waals surface area (Å²) in [6, 6.07) is 4.14. The van der Waals surface area contributed by atoms with Crippen LogP contribution in [0.4, 0.5) is 11.4 Å². The lowest BCUT2D eigenvalue weighted by Gasteiger charge is -2.12. The Labute approximate surface area is 134 Å². The molecule has 0 bridgehead atoms. The second-order valence-corrected chi connectivity index (χ2v) is 7.08. The van der Waals surface area contributed by atoms with Crippen molar-refractivity contribution in [1.29, 1.82) is 0 Å². The molecule has 1 aromatic carbocycles. The van der Waals surface area contributed by atoms with Gasteiger partial charge in [-0.05, 0) is 34.1 Å². The third kappa shape index (κ3) is 3.17. The lowest BCUT2D eigenvalue weighted by Crippen LogP contribution is -2.15. The predicted octanol–water partition coefficient (Wildman–Crippen LogP) is 3.53. The molecule has 0 aliphatic rings. The van der Waals surface area contributed by atoms with E-state index in [9.17, 15) is 8.42 Å². The maximum Gasteiger partial charge on any atom is 0.265 e. The summed E-state index contributed by atoms with van der Waals surface area (Å²) in [6.07, 6.45) is 2.92. The lowest BCUT2D eigenvalue weighted by molar-refractivity contribution is 0.601. The van der Waals surface area contributed by atoms with Gasteiger partial charge in [0.1, 0.15) is 4.90 Å². The second kappa shape index (κ2) is 5.77. The van der Waals surface area contributed by atoms with Crippen molar-refractivity contribution >= 4 is 60.5 Å². The monoisotopic (exact) mass is 395 g/mol. The Kier molecular flexibility index (Phi) is 4.43. The molecule has 0 radical (unpaired) electrons. The number of hydrogen-bond donors (Lipinski definition) is 2. The zero-order chi connectivity index (χ0) is 14.9. The Bertz CT molecular complexity index is 745. The minimum Gasteiger partial charge on any atom is -0.398 e. The molecule has 0 aliphatic carbocycles. The first-order valence-electron chi connectivity index (χ1n) is 5.18. The molecule has 20 heavy (non-hydrogen) atoms. The molecule has 0 fully saturated rings. The predicted molar refractivity (Wildman–Crippen MR) is 83.6 cm³/mol. The van der Waals surface area contributed by atoms with Crippen molar-refractivity contribution in [3.05, 3.63) is 45.1 Å². The molecular weight excluding hydrogens is 389 g/mol. The van der Waals surface area contributed by atoms with E-state index in [4.69, 9.17) is 28.9 Å². The number of rotatable bonds is 3.